The summed E-state index contributed by atoms with van der Waals surface area (Å²) in [4.78, 5) is 0. The predicted octanol–water partition coefficient (Wildman–Crippen LogP) is 10.4. The molecular weight excluding hydrogens is 492 g/mol. The molecule has 1 fully saturated rings. The molecule has 0 aliphatic heterocycles. The van der Waals surface area contributed by atoms with Crippen molar-refractivity contribution in [2.45, 2.75) is 64.7 Å². The van der Waals surface area contributed by atoms with Crippen LogP contribution < -0.4 is 5.22 Å². The fourth-order valence-corrected chi connectivity index (χ4v) is 8.92. The molecule has 10 rings (SSSR count). The molecule has 6 aromatic rings. The summed E-state index contributed by atoms with van der Waals surface area (Å²) in [5, 5.41) is 10.0. The smallest absolute Gasteiger partial charge is 0.0159 e. The van der Waals surface area contributed by atoms with Gasteiger partial charge in [0.25, 0.3) is 0 Å². The van der Waals surface area contributed by atoms with Gasteiger partial charge in [0, 0.05) is 10.8 Å². The van der Waals surface area contributed by atoms with E-state index in [4.69, 9.17) is 0 Å². The standard InChI is InChI=1S/C39H30.C2H6/c1-38(2)30-14-11-20-7-5-6-8-24(20)36(30)28-18-32-29(19-31(28)38)37-26-13-12-25-27-16-23(27)15-21-9-10-22(35(26)34(21)25)17-33(37)39(32,3)4;1-2/h5-15,17-19,23,27H,16H2,1-4H3;1-2H3. The van der Waals surface area contributed by atoms with Crippen LogP contribution in [0.5, 0.6) is 0 Å². The summed E-state index contributed by atoms with van der Waals surface area (Å²) in [7, 11) is 0. The lowest BCUT2D eigenvalue weighted by molar-refractivity contribution is 0.652. The fraction of sp³-hybridized carbons (Fsp3) is 0.268. The predicted molar refractivity (Wildman–Crippen MR) is 176 cm³/mol. The van der Waals surface area contributed by atoms with Crippen molar-refractivity contribution in [1.29, 1.82) is 0 Å². The van der Waals surface area contributed by atoms with Crippen molar-refractivity contribution in [2.24, 2.45) is 5.92 Å². The normalized spacial score (nSPS) is 20.9. The van der Waals surface area contributed by atoms with Crippen molar-refractivity contribution in [3.8, 4) is 22.3 Å². The van der Waals surface area contributed by atoms with Crippen LogP contribution in [-0.4, -0.2) is 0 Å². The van der Waals surface area contributed by atoms with E-state index in [1.54, 1.807) is 5.56 Å². The summed E-state index contributed by atoms with van der Waals surface area (Å²) < 4.78 is 0. The average molecular weight is 529 g/mol. The van der Waals surface area contributed by atoms with Gasteiger partial charge in [0.15, 0.2) is 0 Å². The minimum Gasteiger partial charge on any atom is -0.0729 e. The second kappa shape index (κ2) is 7.48. The fourth-order valence-electron chi connectivity index (χ4n) is 8.92. The van der Waals surface area contributed by atoms with Crippen LogP contribution in [0.4, 0.5) is 0 Å². The summed E-state index contributed by atoms with van der Waals surface area (Å²) in [6.45, 7) is 13.7. The Hall–Kier alpha value is -3.90. The molecule has 2 unspecified atom stereocenters. The zero-order valence-corrected chi connectivity index (χ0v) is 24.9. The highest BCUT2D eigenvalue weighted by Gasteiger charge is 2.44. The summed E-state index contributed by atoms with van der Waals surface area (Å²) in [5.41, 5.74) is 13.2. The van der Waals surface area contributed by atoms with Gasteiger partial charge in [-0.3, -0.25) is 0 Å². The third kappa shape index (κ3) is 2.73. The molecule has 0 radical (unpaired) electrons. The maximum absolute atomic E-state index is 2.58. The van der Waals surface area contributed by atoms with Gasteiger partial charge >= 0.3 is 0 Å². The molecule has 0 spiro atoms. The maximum atomic E-state index is 2.58. The zero-order chi connectivity index (χ0) is 28.0. The van der Waals surface area contributed by atoms with Gasteiger partial charge in [-0.2, -0.15) is 0 Å². The monoisotopic (exact) mass is 528 g/mol. The number of benzene rings is 6. The summed E-state index contributed by atoms with van der Waals surface area (Å²) in [6, 6.07) is 31.0. The molecule has 0 saturated heterocycles. The van der Waals surface area contributed by atoms with Crippen LogP contribution in [0.2, 0.25) is 0 Å². The van der Waals surface area contributed by atoms with Crippen molar-refractivity contribution in [3.63, 3.8) is 0 Å². The van der Waals surface area contributed by atoms with Gasteiger partial charge in [-0.25, -0.2) is 0 Å². The number of rotatable bonds is 0. The first-order chi connectivity index (χ1) is 19.8. The number of hydrogen-bond donors (Lipinski definition) is 0. The molecule has 0 aromatic heterocycles. The molecule has 2 atom stereocenters. The molecule has 1 saturated carbocycles. The van der Waals surface area contributed by atoms with Crippen LogP contribution in [0.25, 0.3) is 60.6 Å². The lowest BCUT2D eigenvalue weighted by Gasteiger charge is -2.24. The van der Waals surface area contributed by atoms with E-state index in [0.717, 1.165) is 11.8 Å². The summed E-state index contributed by atoms with van der Waals surface area (Å²) in [5.74, 6) is 1.50. The van der Waals surface area contributed by atoms with Gasteiger partial charge in [0.2, 0.25) is 0 Å². The van der Waals surface area contributed by atoms with E-state index in [2.05, 4.69) is 113 Å². The molecule has 41 heavy (non-hydrogen) atoms. The summed E-state index contributed by atoms with van der Waals surface area (Å²) in [6.07, 6.45) is 3.87. The highest BCUT2D eigenvalue weighted by molar-refractivity contribution is 6.19. The van der Waals surface area contributed by atoms with Crippen LogP contribution in [0.3, 0.4) is 0 Å². The Morgan fingerprint density at radius 1 is 0.585 bits per heavy atom. The zero-order valence-electron chi connectivity index (χ0n) is 24.9. The molecule has 4 aliphatic rings. The third-order valence-corrected chi connectivity index (χ3v) is 11.0. The maximum Gasteiger partial charge on any atom is 0.0159 e. The van der Waals surface area contributed by atoms with E-state index >= 15 is 0 Å². The Bertz CT molecular complexity index is 2200. The van der Waals surface area contributed by atoms with E-state index in [-0.39, 0.29) is 10.8 Å². The van der Waals surface area contributed by atoms with E-state index in [1.807, 2.05) is 13.8 Å². The van der Waals surface area contributed by atoms with Gasteiger partial charge in [0.1, 0.15) is 0 Å². The van der Waals surface area contributed by atoms with Gasteiger partial charge in [-0.1, -0.05) is 108 Å². The van der Waals surface area contributed by atoms with Crippen molar-refractivity contribution in [2.75, 3.05) is 0 Å². The number of hydrogen-bond acceptors (Lipinski definition) is 0. The summed E-state index contributed by atoms with van der Waals surface area (Å²) >= 11 is 0. The second-order valence-corrected chi connectivity index (χ2v) is 13.7. The highest BCUT2D eigenvalue weighted by atomic mass is 14.5. The minimum absolute atomic E-state index is 0.0311. The van der Waals surface area contributed by atoms with E-state index in [1.165, 1.54) is 88.5 Å². The molecular formula is C41H36. The molecule has 4 aliphatic carbocycles. The number of fused-ring (bicyclic) bond motifs is 11. The highest BCUT2D eigenvalue weighted by Crippen LogP contribution is 2.60. The van der Waals surface area contributed by atoms with Crippen molar-refractivity contribution in [3.05, 3.63) is 112 Å². The lowest BCUT2D eigenvalue weighted by atomic mass is 9.79. The Balaban J connectivity index is 0.00000118. The molecule has 0 bridgehead atoms. The molecule has 6 aromatic carbocycles. The topological polar surface area (TPSA) is 0 Å². The molecule has 0 amide bonds. The molecule has 0 heterocycles. The van der Waals surface area contributed by atoms with Crippen LogP contribution in [0, 0.1) is 5.92 Å². The van der Waals surface area contributed by atoms with Gasteiger partial charge in [-0.15, -0.1) is 0 Å². The average Bonchev–Trinajstić information content (AvgIpc) is 3.69. The molecule has 0 nitrogen and oxygen atoms in total. The van der Waals surface area contributed by atoms with Crippen LogP contribution in [0.1, 0.15) is 81.7 Å². The van der Waals surface area contributed by atoms with Crippen LogP contribution in [0.15, 0.2) is 78.9 Å². The quantitative estimate of drug-likeness (QED) is 0.184. The largest absolute Gasteiger partial charge is 0.0729 e. The van der Waals surface area contributed by atoms with Crippen LogP contribution >= 0.6 is 0 Å². The Morgan fingerprint density at radius 3 is 2.05 bits per heavy atom. The third-order valence-electron chi connectivity index (χ3n) is 11.0. The lowest BCUT2D eigenvalue weighted by Crippen LogP contribution is -2.17. The SMILES string of the molecule is CC.CC1(C)c2cc3c(cc2-c2c1ccc1ccccc21)C(C)(C)c1cc2ccc4c5c(ccc(c1-3)c25)C1CC1C=4. The first-order valence-corrected chi connectivity index (χ1v) is 15.6. The minimum atomic E-state index is -0.0523. The molecule has 200 valence electrons. The Morgan fingerprint density at radius 2 is 1.27 bits per heavy atom. The van der Waals surface area contributed by atoms with Crippen molar-refractivity contribution in [1.82, 2.24) is 0 Å². The Kier molecular flexibility index (Phi) is 4.34. The molecule has 0 heteroatoms. The molecule has 0 N–H and O–H groups in total. The second-order valence-electron chi connectivity index (χ2n) is 13.7. The first-order valence-electron chi connectivity index (χ1n) is 15.6. The van der Waals surface area contributed by atoms with Gasteiger partial charge in [-0.05, 0) is 124 Å². The van der Waals surface area contributed by atoms with Crippen molar-refractivity contribution >= 4 is 38.4 Å². The Labute approximate surface area is 242 Å². The van der Waals surface area contributed by atoms with Gasteiger partial charge < -0.3 is 0 Å². The van der Waals surface area contributed by atoms with Crippen LogP contribution in [-0.2, 0) is 10.8 Å². The van der Waals surface area contributed by atoms with E-state index < -0.39 is 0 Å². The van der Waals surface area contributed by atoms with Crippen molar-refractivity contribution < 1.29 is 0 Å². The first kappa shape index (κ1) is 23.8. The van der Waals surface area contributed by atoms with Gasteiger partial charge in [0.05, 0.1) is 0 Å². The van der Waals surface area contributed by atoms with E-state index in [0.29, 0.717) is 0 Å². The van der Waals surface area contributed by atoms with E-state index in [9.17, 15) is 0 Å².